The third kappa shape index (κ3) is 4.29. The van der Waals surface area contributed by atoms with Crippen LogP contribution in [0, 0.1) is 0 Å². The molecule has 1 aromatic carbocycles. The van der Waals surface area contributed by atoms with Crippen LogP contribution in [-0.4, -0.2) is 4.98 Å². The van der Waals surface area contributed by atoms with E-state index in [4.69, 9.17) is 10.5 Å². The summed E-state index contributed by atoms with van der Waals surface area (Å²) in [4.78, 5) is 5.87. The van der Waals surface area contributed by atoms with Gasteiger partial charge in [0.1, 0.15) is 17.4 Å². The molecule has 21 heavy (non-hydrogen) atoms. The highest BCUT2D eigenvalue weighted by Crippen LogP contribution is 2.26. The van der Waals surface area contributed by atoms with Crippen LogP contribution in [0.15, 0.2) is 24.3 Å². The molecule has 2 N–H and O–H groups in total. The van der Waals surface area contributed by atoms with Gasteiger partial charge in [0.25, 0.3) is 0 Å². The van der Waals surface area contributed by atoms with Crippen LogP contribution in [0.3, 0.4) is 0 Å². The van der Waals surface area contributed by atoms with Gasteiger partial charge in [0.2, 0.25) is 0 Å². The lowest BCUT2D eigenvalue weighted by molar-refractivity contribution is 0.305. The monoisotopic (exact) mass is 304 g/mol. The van der Waals surface area contributed by atoms with Gasteiger partial charge in [0, 0.05) is 10.9 Å². The molecule has 0 aliphatic carbocycles. The zero-order valence-corrected chi connectivity index (χ0v) is 13.9. The van der Waals surface area contributed by atoms with Crippen LogP contribution in [0.2, 0.25) is 0 Å². The van der Waals surface area contributed by atoms with Crippen LogP contribution in [-0.2, 0) is 19.4 Å². The summed E-state index contributed by atoms with van der Waals surface area (Å²) in [6.07, 6.45) is 3.12. The Morgan fingerprint density at radius 2 is 1.95 bits per heavy atom. The Balaban J connectivity index is 2.03. The van der Waals surface area contributed by atoms with Gasteiger partial charge in [0.15, 0.2) is 0 Å². The first kappa shape index (κ1) is 16.0. The van der Waals surface area contributed by atoms with Crippen molar-refractivity contribution >= 4 is 11.3 Å². The number of aryl methyl sites for hydroxylation is 2. The number of aromatic nitrogens is 1. The van der Waals surface area contributed by atoms with Gasteiger partial charge in [-0.05, 0) is 37.5 Å². The summed E-state index contributed by atoms with van der Waals surface area (Å²) in [7, 11) is 0. The van der Waals surface area contributed by atoms with Gasteiger partial charge in [-0.1, -0.05) is 32.4 Å². The predicted molar refractivity (Wildman–Crippen MR) is 88.9 cm³/mol. The van der Waals surface area contributed by atoms with E-state index in [1.54, 1.807) is 11.3 Å². The Morgan fingerprint density at radius 1 is 1.24 bits per heavy atom. The molecule has 0 bridgehead atoms. The molecule has 1 aromatic heterocycles. The molecule has 0 saturated carbocycles. The number of hydrogen-bond acceptors (Lipinski definition) is 4. The van der Waals surface area contributed by atoms with Crippen LogP contribution in [0.1, 0.15) is 54.4 Å². The summed E-state index contributed by atoms with van der Waals surface area (Å²) >= 11 is 1.67. The van der Waals surface area contributed by atoms with E-state index in [1.807, 2.05) is 19.1 Å². The highest BCUT2D eigenvalue weighted by atomic mass is 32.1. The Kier molecular flexibility index (Phi) is 5.76. The van der Waals surface area contributed by atoms with Crippen molar-refractivity contribution in [3.8, 4) is 5.75 Å². The second kappa shape index (κ2) is 7.57. The summed E-state index contributed by atoms with van der Waals surface area (Å²) in [5.41, 5.74) is 8.48. The minimum Gasteiger partial charge on any atom is -0.486 e. The minimum atomic E-state index is 0.0432. The molecular formula is C17H24N2OS. The number of thiazole rings is 1. The standard InChI is InChI=1S/C17H24N2OS/c1-4-6-15-17(12(3)18)21-16(19-15)11-20-14-9-7-13(5-2)8-10-14/h7-10,12H,4-6,11,18H2,1-3H3. The van der Waals surface area contributed by atoms with E-state index >= 15 is 0 Å². The minimum absolute atomic E-state index is 0.0432. The molecule has 3 nitrogen and oxygen atoms in total. The summed E-state index contributed by atoms with van der Waals surface area (Å²) in [5, 5.41) is 1.00. The Morgan fingerprint density at radius 3 is 2.52 bits per heavy atom. The lowest BCUT2D eigenvalue weighted by Crippen LogP contribution is -2.05. The Bertz CT molecular complexity index is 561. The zero-order chi connectivity index (χ0) is 15.2. The van der Waals surface area contributed by atoms with E-state index in [2.05, 4.69) is 31.0 Å². The number of nitrogens with zero attached hydrogens (tertiary/aromatic N) is 1. The third-order valence-corrected chi connectivity index (χ3v) is 4.64. The van der Waals surface area contributed by atoms with Crippen LogP contribution < -0.4 is 10.5 Å². The van der Waals surface area contributed by atoms with E-state index in [9.17, 15) is 0 Å². The van der Waals surface area contributed by atoms with Gasteiger partial charge in [-0.25, -0.2) is 4.98 Å². The van der Waals surface area contributed by atoms with Gasteiger partial charge in [-0.3, -0.25) is 0 Å². The van der Waals surface area contributed by atoms with Crippen molar-refractivity contribution in [1.82, 2.24) is 4.98 Å². The molecule has 0 spiro atoms. The Labute approximate surface area is 131 Å². The third-order valence-electron chi connectivity index (χ3n) is 3.37. The normalized spacial score (nSPS) is 12.4. The van der Waals surface area contributed by atoms with Crippen molar-refractivity contribution in [3.63, 3.8) is 0 Å². The van der Waals surface area contributed by atoms with E-state index in [0.717, 1.165) is 35.7 Å². The summed E-state index contributed by atoms with van der Waals surface area (Å²) in [5.74, 6) is 0.891. The van der Waals surface area contributed by atoms with Crippen LogP contribution in [0.25, 0.3) is 0 Å². The zero-order valence-electron chi connectivity index (χ0n) is 13.1. The largest absolute Gasteiger partial charge is 0.486 e. The lowest BCUT2D eigenvalue weighted by Gasteiger charge is -2.04. The Hall–Kier alpha value is -1.39. The smallest absolute Gasteiger partial charge is 0.140 e. The maximum Gasteiger partial charge on any atom is 0.140 e. The molecule has 0 radical (unpaired) electrons. The van der Waals surface area contributed by atoms with Gasteiger partial charge in [-0.15, -0.1) is 11.3 Å². The van der Waals surface area contributed by atoms with E-state index in [1.165, 1.54) is 10.4 Å². The molecule has 1 unspecified atom stereocenters. The van der Waals surface area contributed by atoms with Crippen molar-refractivity contribution < 1.29 is 4.74 Å². The van der Waals surface area contributed by atoms with Crippen molar-refractivity contribution in [2.24, 2.45) is 5.73 Å². The fourth-order valence-corrected chi connectivity index (χ4v) is 3.19. The van der Waals surface area contributed by atoms with E-state index in [0.29, 0.717) is 6.61 Å². The van der Waals surface area contributed by atoms with Crippen molar-refractivity contribution in [1.29, 1.82) is 0 Å². The second-order valence-corrected chi connectivity index (χ2v) is 6.36. The molecular weight excluding hydrogens is 280 g/mol. The maximum atomic E-state index is 6.03. The molecule has 114 valence electrons. The number of hydrogen-bond donors (Lipinski definition) is 1. The highest BCUT2D eigenvalue weighted by Gasteiger charge is 2.14. The average Bonchev–Trinajstić information content (AvgIpc) is 2.89. The fraction of sp³-hybridized carbons (Fsp3) is 0.471. The molecule has 2 rings (SSSR count). The fourth-order valence-electron chi connectivity index (χ4n) is 2.21. The number of benzene rings is 1. The van der Waals surface area contributed by atoms with E-state index < -0.39 is 0 Å². The number of nitrogens with two attached hydrogens (primary N) is 1. The second-order valence-electron chi connectivity index (χ2n) is 5.24. The summed E-state index contributed by atoms with van der Waals surface area (Å²) < 4.78 is 5.82. The first-order chi connectivity index (χ1) is 10.1. The lowest BCUT2D eigenvalue weighted by atomic mass is 10.2. The molecule has 0 aliphatic rings. The highest BCUT2D eigenvalue weighted by molar-refractivity contribution is 7.11. The molecule has 0 fully saturated rings. The molecule has 4 heteroatoms. The summed E-state index contributed by atoms with van der Waals surface area (Å²) in [6, 6.07) is 8.29. The topological polar surface area (TPSA) is 48.1 Å². The molecule has 1 heterocycles. The van der Waals surface area contributed by atoms with Crippen molar-refractivity contribution in [3.05, 3.63) is 45.4 Å². The molecule has 2 aromatic rings. The van der Waals surface area contributed by atoms with Gasteiger partial charge >= 0.3 is 0 Å². The van der Waals surface area contributed by atoms with Crippen LogP contribution in [0.5, 0.6) is 5.75 Å². The predicted octanol–water partition coefficient (Wildman–Crippen LogP) is 4.26. The molecule has 0 saturated heterocycles. The van der Waals surface area contributed by atoms with Crippen LogP contribution in [0.4, 0.5) is 0 Å². The first-order valence-corrected chi connectivity index (χ1v) is 8.41. The van der Waals surface area contributed by atoms with Crippen LogP contribution >= 0.6 is 11.3 Å². The van der Waals surface area contributed by atoms with Gasteiger partial charge in [0.05, 0.1) is 5.69 Å². The quantitative estimate of drug-likeness (QED) is 0.831. The van der Waals surface area contributed by atoms with Crippen molar-refractivity contribution in [2.45, 2.75) is 52.7 Å². The maximum absolute atomic E-state index is 6.03. The molecule has 1 atom stereocenters. The number of ether oxygens (including phenoxy) is 1. The SMILES string of the molecule is CCCc1nc(COc2ccc(CC)cc2)sc1C(C)N. The molecule has 0 aliphatic heterocycles. The first-order valence-electron chi connectivity index (χ1n) is 7.59. The number of rotatable bonds is 7. The van der Waals surface area contributed by atoms with E-state index in [-0.39, 0.29) is 6.04 Å². The van der Waals surface area contributed by atoms with Gasteiger partial charge in [-0.2, -0.15) is 0 Å². The molecule has 0 amide bonds. The van der Waals surface area contributed by atoms with Gasteiger partial charge < -0.3 is 10.5 Å². The average molecular weight is 304 g/mol. The summed E-state index contributed by atoms with van der Waals surface area (Å²) in [6.45, 7) is 6.84. The van der Waals surface area contributed by atoms with Crippen molar-refractivity contribution in [2.75, 3.05) is 0 Å².